The molecular weight excluding hydrogens is 522 g/mol. The van der Waals surface area contributed by atoms with E-state index in [9.17, 15) is 14.7 Å². The van der Waals surface area contributed by atoms with Crippen LogP contribution in [0.15, 0.2) is 71.2 Å². The average molecular weight is 545 g/mol. The van der Waals surface area contributed by atoms with E-state index in [1.165, 1.54) is 11.0 Å². The highest BCUT2D eigenvalue weighted by Gasteiger charge is 2.45. The van der Waals surface area contributed by atoms with Crippen molar-refractivity contribution in [3.63, 3.8) is 0 Å². The molecule has 1 aliphatic rings. The highest BCUT2D eigenvalue weighted by atomic mass is 79.9. The zero-order chi connectivity index (χ0) is 24.2. The largest absolute Gasteiger partial charge is 0.507 e. The zero-order valence-electron chi connectivity index (χ0n) is 18.4. The summed E-state index contributed by atoms with van der Waals surface area (Å²) in [6.45, 7) is 3.26. The Morgan fingerprint density at radius 2 is 2.03 bits per heavy atom. The van der Waals surface area contributed by atoms with E-state index < -0.39 is 17.7 Å². The van der Waals surface area contributed by atoms with Crippen LogP contribution in [0.1, 0.15) is 30.5 Å². The summed E-state index contributed by atoms with van der Waals surface area (Å²) >= 11 is 9.77. The summed E-state index contributed by atoms with van der Waals surface area (Å²) in [4.78, 5) is 31.8. The molecule has 0 spiro atoms. The second-order valence-electron chi connectivity index (χ2n) is 7.78. The Morgan fingerprint density at radius 1 is 1.21 bits per heavy atom. The molecule has 0 bridgehead atoms. The van der Waals surface area contributed by atoms with Crippen LogP contribution in [0.4, 0.5) is 0 Å². The normalized spacial score (nSPS) is 17.4. The molecular formula is C25H23BrClN3O4. The minimum Gasteiger partial charge on any atom is -0.507 e. The molecule has 1 fully saturated rings. The number of halogens is 2. The monoisotopic (exact) mass is 543 g/mol. The van der Waals surface area contributed by atoms with Crippen molar-refractivity contribution in [2.45, 2.75) is 25.9 Å². The number of Topliss-reactive ketones (excluding diaryl/α,β-unsaturated/α-hetero) is 1. The molecule has 3 aromatic rings. The Labute approximate surface area is 210 Å². The van der Waals surface area contributed by atoms with Crippen LogP contribution in [0.3, 0.4) is 0 Å². The smallest absolute Gasteiger partial charge is 0.295 e. The second kappa shape index (κ2) is 10.4. The summed E-state index contributed by atoms with van der Waals surface area (Å²) in [5, 5.41) is 11.5. The standard InChI is InChI=1S/C25H23BrClN3O4/c1-2-34-20-8-7-17(14-19(20)27)23(31)21-22(16-5-3-6-18(26)13-16)30(25(33)24(21)32)11-4-10-29-12-9-28-15-29/h3,5-9,12-15,22,31H,2,4,10-11H2,1H3/b23-21+. The van der Waals surface area contributed by atoms with Crippen molar-refractivity contribution >= 4 is 45.0 Å². The van der Waals surface area contributed by atoms with Gasteiger partial charge >= 0.3 is 0 Å². The number of benzene rings is 2. The lowest BCUT2D eigenvalue weighted by Gasteiger charge is -2.25. The number of imidazole rings is 1. The van der Waals surface area contributed by atoms with Gasteiger partial charge in [-0.3, -0.25) is 9.59 Å². The van der Waals surface area contributed by atoms with Gasteiger partial charge in [-0.05, 0) is 49.2 Å². The molecule has 2 heterocycles. The van der Waals surface area contributed by atoms with Crippen molar-refractivity contribution in [1.82, 2.24) is 14.5 Å². The minimum atomic E-state index is -0.731. The van der Waals surface area contributed by atoms with Gasteiger partial charge in [-0.25, -0.2) is 4.98 Å². The van der Waals surface area contributed by atoms with Gasteiger partial charge in [0.2, 0.25) is 0 Å². The SMILES string of the molecule is CCOc1ccc(/C(O)=C2\C(=O)C(=O)N(CCCn3ccnc3)C2c2cccc(Br)c2)cc1Cl. The van der Waals surface area contributed by atoms with Crippen LogP contribution in [0.2, 0.25) is 5.02 Å². The number of carbonyl (C=O) groups is 2. The van der Waals surface area contributed by atoms with Crippen molar-refractivity contribution in [1.29, 1.82) is 0 Å². The number of nitrogens with zero attached hydrogens (tertiary/aromatic N) is 3. The fraction of sp³-hybridized carbons (Fsp3) is 0.240. The van der Waals surface area contributed by atoms with Crippen LogP contribution in [0, 0.1) is 0 Å². The summed E-state index contributed by atoms with van der Waals surface area (Å²) in [5.74, 6) is -1.17. The van der Waals surface area contributed by atoms with Gasteiger partial charge in [0, 0.05) is 35.5 Å². The van der Waals surface area contributed by atoms with E-state index >= 15 is 0 Å². The van der Waals surface area contributed by atoms with E-state index in [1.54, 1.807) is 24.7 Å². The summed E-state index contributed by atoms with van der Waals surface area (Å²) in [5.41, 5.74) is 1.09. The Balaban J connectivity index is 1.74. The number of amides is 1. The molecule has 1 aliphatic heterocycles. The van der Waals surface area contributed by atoms with Crippen molar-refractivity contribution in [2.24, 2.45) is 0 Å². The van der Waals surface area contributed by atoms with Crippen LogP contribution >= 0.6 is 27.5 Å². The number of ether oxygens (including phenoxy) is 1. The number of aliphatic hydroxyl groups is 1. The molecule has 1 N–H and O–H groups in total. The summed E-state index contributed by atoms with van der Waals surface area (Å²) in [6, 6.07) is 11.4. The summed E-state index contributed by atoms with van der Waals surface area (Å²) in [6.07, 6.45) is 5.85. The van der Waals surface area contributed by atoms with Gasteiger partial charge in [0.05, 0.1) is 29.6 Å². The number of hydrogen-bond donors (Lipinski definition) is 1. The third-order valence-corrected chi connectivity index (χ3v) is 6.37. The van der Waals surface area contributed by atoms with Gasteiger partial charge in [0.1, 0.15) is 11.5 Å². The maximum Gasteiger partial charge on any atom is 0.295 e. The molecule has 1 unspecified atom stereocenters. The molecule has 1 aromatic heterocycles. The lowest BCUT2D eigenvalue weighted by Crippen LogP contribution is -2.31. The van der Waals surface area contributed by atoms with Crippen LogP contribution in [0.25, 0.3) is 5.76 Å². The van der Waals surface area contributed by atoms with Gasteiger partial charge < -0.3 is 19.3 Å². The molecule has 0 radical (unpaired) electrons. The maximum absolute atomic E-state index is 13.2. The lowest BCUT2D eigenvalue weighted by atomic mass is 9.95. The van der Waals surface area contributed by atoms with E-state index in [-0.39, 0.29) is 11.3 Å². The van der Waals surface area contributed by atoms with E-state index in [1.807, 2.05) is 42.0 Å². The summed E-state index contributed by atoms with van der Waals surface area (Å²) < 4.78 is 8.17. The van der Waals surface area contributed by atoms with Crippen LogP contribution in [-0.4, -0.2) is 44.4 Å². The number of carbonyl (C=O) groups excluding carboxylic acids is 2. The van der Waals surface area contributed by atoms with E-state index in [0.29, 0.717) is 42.5 Å². The lowest BCUT2D eigenvalue weighted by molar-refractivity contribution is -0.139. The van der Waals surface area contributed by atoms with Crippen molar-refractivity contribution < 1.29 is 19.4 Å². The average Bonchev–Trinajstić information content (AvgIpc) is 3.42. The molecule has 1 amide bonds. The molecule has 9 heteroatoms. The van der Waals surface area contributed by atoms with Gasteiger partial charge in [-0.1, -0.05) is 39.7 Å². The molecule has 4 rings (SSSR count). The molecule has 2 aromatic carbocycles. The number of likely N-dealkylation sites (tertiary alicyclic amines) is 1. The number of aliphatic hydroxyl groups excluding tert-OH is 1. The molecule has 1 atom stereocenters. The molecule has 34 heavy (non-hydrogen) atoms. The first-order chi connectivity index (χ1) is 16.4. The Morgan fingerprint density at radius 3 is 2.71 bits per heavy atom. The topological polar surface area (TPSA) is 84.7 Å². The molecule has 7 nitrogen and oxygen atoms in total. The number of hydrogen-bond acceptors (Lipinski definition) is 5. The number of ketones is 1. The fourth-order valence-electron chi connectivity index (χ4n) is 4.05. The number of rotatable bonds is 8. The fourth-order valence-corrected chi connectivity index (χ4v) is 4.70. The Kier molecular flexibility index (Phi) is 7.38. The zero-order valence-corrected chi connectivity index (χ0v) is 20.8. The first-order valence-corrected chi connectivity index (χ1v) is 12.0. The van der Waals surface area contributed by atoms with Gasteiger partial charge in [-0.15, -0.1) is 0 Å². The third kappa shape index (κ3) is 4.88. The van der Waals surface area contributed by atoms with Crippen LogP contribution in [0.5, 0.6) is 5.75 Å². The van der Waals surface area contributed by atoms with Crippen LogP contribution < -0.4 is 4.74 Å². The van der Waals surface area contributed by atoms with E-state index in [0.717, 1.165) is 10.0 Å². The van der Waals surface area contributed by atoms with Crippen LogP contribution in [-0.2, 0) is 16.1 Å². The van der Waals surface area contributed by atoms with E-state index in [4.69, 9.17) is 16.3 Å². The summed E-state index contributed by atoms with van der Waals surface area (Å²) in [7, 11) is 0. The maximum atomic E-state index is 13.2. The second-order valence-corrected chi connectivity index (χ2v) is 9.10. The minimum absolute atomic E-state index is 0.0333. The highest BCUT2D eigenvalue weighted by Crippen LogP contribution is 2.41. The molecule has 176 valence electrons. The predicted molar refractivity (Wildman–Crippen MR) is 133 cm³/mol. The van der Waals surface area contributed by atoms with E-state index in [2.05, 4.69) is 20.9 Å². The van der Waals surface area contributed by atoms with Crippen molar-refractivity contribution in [2.75, 3.05) is 13.2 Å². The Hall–Kier alpha value is -3.10. The molecule has 1 saturated heterocycles. The first-order valence-electron chi connectivity index (χ1n) is 10.8. The quantitative estimate of drug-likeness (QED) is 0.239. The first kappa shape index (κ1) is 24.0. The molecule has 0 saturated carbocycles. The predicted octanol–water partition coefficient (Wildman–Crippen LogP) is 5.21. The third-order valence-electron chi connectivity index (χ3n) is 5.58. The number of aromatic nitrogens is 2. The Bertz CT molecular complexity index is 1240. The number of aryl methyl sites for hydroxylation is 1. The van der Waals surface area contributed by atoms with Gasteiger partial charge in [-0.2, -0.15) is 0 Å². The van der Waals surface area contributed by atoms with Gasteiger partial charge in [0.25, 0.3) is 11.7 Å². The van der Waals surface area contributed by atoms with Crippen molar-refractivity contribution in [3.05, 3.63) is 87.4 Å². The molecule has 0 aliphatic carbocycles. The highest BCUT2D eigenvalue weighted by molar-refractivity contribution is 9.10. The van der Waals surface area contributed by atoms with Gasteiger partial charge in [0.15, 0.2) is 0 Å². The van der Waals surface area contributed by atoms with Crippen molar-refractivity contribution in [3.8, 4) is 5.75 Å².